The summed E-state index contributed by atoms with van der Waals surface area (Å²) in [5.74, 6) is 0.635. The van der Waals surface area contributed by atoms with Crippen LogP contribution in [0.3, 0.4) is 0 Å². The molecule has 0 aliphatic heterocycles. The van der Waals surface area contributed by atoms with E-state index in [1.54, 1.807) is 0 Å². The predicted octanol–water partition coefficient (Wildman–Crippen LogP) is 9.29. The minimum Gasteiger partial charge on any atom is -0.508 e. The fourth-order valence-electron chi connectivity index (χ4n) is 6.39. The highest BCUT2D eigenvalue weighted by Crippen LogP contribution is 2.44. The summed E-state index contributed by atoms with van der Waals surface area (Å²) in [6, 6.07) is 3.57. The Bertz CT molecular complexity index is 1120. The van der Waals surface area contributed by atoms with E-state index in [0.29, 0.717) is 35.8 Å². The van der Waals surface area contributed by atoms with Gasteiger partial charge in [-0.25, -0.2) is 0 Å². The minimum absolute atomic E-state index is 0.0791. The standard InChI is InChI=1S/C34H55NO/c1-15-23(6)35(28(11)20(2)3)24(7)19-30(29-17-16-21(4)25(8)26(29)9)32-27(10)33(34(12,13)14)22(5)18-31(32)36/h16-18,20,23-24,28,30,36H,15,19H2,1-14H3/t23?,24?,28?,30-/m1/s1/i16D,17D. The van der Waals surface area contributed by atoms with Crippen molar-refractivity contribution in [3.05, 3.63) is 62.7 Å². The lowest BCUT2D eigenvalue weighted by molar-refractivity contribution is 0.0689. The average molecular weight is 496 g/mol. The van der Waals surface area contributed by atoms with Gasteiger partial charge in [0.05, 0.1) is 2.74 Å². The Morgan fingerprint density at radius 2 is 1.44 bits per heavy atom. The second-order valence-electron chi connectivity index (χ2n) is 12.7. The Labute approximate surface area is 226 Å². The van der Waals surface area contributed by atoms with E-state index in [1.165, 1.54) is 5.56 Å². The predicted molar refractivity (Wildman–Crippen MR) is 159 cm³/mol. The first-order valence-corrected chi connectivity index (χ1v) is 14.1. The van der Waals surface area contributed by atoms with Crippen LogP contribution in [0.25, 0.3) is 0 Å². The van der Waals surface area contributed by atoms with E-state index >= 15 is 0 Å². The van der Waals surface area contributed by atoms with Crippen molar-refractivity contribution < 1.29 is 7.85 Å². The third-order valence-corrected chi connectivity index (χ3v) is 8.78. The van der Waals surface area contributed by atoms with Gasteiger partial charge in [-0.1, -0.05) is 53.6 Å². The molecule has 2 nitrogen and oxygen atoms in total. The van der Waals surface area contributed by atoms with Gasteiger partial charge in [0.2, 0.25) is 0 Å². The maximum atomic E-state index is 11.6. The highest BCUT2D eigenvalue weighted by atomic mass is 16.3. The smallest absolute Gasteiger partial charge is 0.119 e. The second-order valence-corrected chi connectivity index (χ2v) is 12.7. The van der Waals surface area contributed by atoms with Crippen molar-refractivity contribution in [2.24, 2.45) is 5.92 Å². The summed E-state index contributed by atoms with van der Waals surface area (Å²) in [7, 11) is 0. The molecule has 36 heavy (non-hydrogen) atoms. The molecular formula is C34H55NO. The van der Waals surface area contributed by atoms with Crippen molar-refractivity contribution in [1.82, 2.24) is 4.90 Å². The van der Waals surface area contributed by atoms with Crippen LogP contribution in [0.5, 0.6) is 5.75 Å². The third kappa shape index (κ3) is 6.18. The SMILES string of the molecule is [2H]c1c([2H])c([C@@H](CC(C)N(C(C)CC)C(C)C(C)C)c2c(O)cc(C)c(C(C)(C)C)c2C)c(C)c(C)c1C. The van der Waals surface area contributed by atoms with Crippen LogP contribution in [0.2, 0.25) is 0 Å². The number of aryl methyl sites for hydroxylation is 1. The number of phenols is 1. The largest absolute Gasteiger partial charge is 0.508 e. The summed E-state index contributed by atoms with van der Waals surface area (Å²) in [5, 5.41) is 11.6. The molecule has 3 unspecified atom stereocenters. The second kappa shape index (κ2) is 11.7. The molecule has 2 rings (SSSR count). The fraction of sp³-hybridized carbons (Fsp3) is 0.647. The molecule has 0 saturated heterocycles. The molecule has 0 amide bonds. The van der Waals surface area contributed by atoms with Gasteiger partial charge >= 0.3 is 0 Å². The molecule has 0 heterocycles. The van der Waals surface area contributed by atoms with Crippen molar-refractivity contribution in [1.29, 1.82) is 0 Å². The zero-order valence-corrected chi connectivity index (χ0v) is 25.8. The van der Waals surface area contributed by atoms with Crippen LogP contribution >= 0.6 is 0 Å². The van der Waals surface area contributed by atoms with Crippen molar-refractivity contribution in [2.75, 3.05) is 0 Å². The molecule has 2 aromatic rings. The first kappa shape index (κ1) is 27.2. The number of rotatable bonds is 9. The van der Waals surface area contributed by atoms with Crippen LogP contribution < -0.4 is 0 Å². The van der Waals surface area contributed by atoms with Gasteiger partial charge < -0.3 is 5.11 Å². The van der Waals surface area contributed by atoms with Gasteiger partial charge in [-0.2, -0.15) is 0 Å². The Morgan fingerprint density at radius 3 is 1.94 bits per heavy atom. The number of aromatic hydroxyl groups is 1. The maximum Gasteiger partial charge on any atom is 0.119 e. The molecule has 0 aliphatic rings. The van der Waals surface area contributed by atoms with Crippen LogP contribution in [-0.4, -0.2) is 28.1 Å². The number of nitrogens with zero attached hydrogens (tertiary/aromatic N) is 1. The maximum absolute atomic E-state index is 11.6. The number of benzene rings is 2. The molecule has 0 radical (unpaired) electrons. The molecule has 0 spiro atoms. The molecule has 0 bridgehead atoms. The molecule has 0 saturated carbocycles. The van der Waals surface area contributed by atoms with Gasteiger partial charge in [0.15, 0.2) is 0 Å². The van der Waals surface area contributed by atoms with E-state index in [1.807, 2.05) is 13.0 Å². The Kier molecular flexibility index (Phi) is 8.87. The van der Waals surface area contributed by atoms with Crippen molar-refractivity contribution in [3.8, 4) is 5.75 Å². The zero-order chi connectivity index (χ0) is 29.4. The van der Waals surface area contributed by atoms with E-state index in [-0.39, 0.29) is 17.4 Å². The van der Waals surface area contributed by atoms with E-state index in [2.05, 4.69) is 94.9 Å². The Hall–Kier alpha value is -1.80. The average Bonchev–Trinajstić information content (AvgIpc) is 2.79. The number of hydrogen-bond donors (Lipinski definition) is 1. The summed E-state index contributed by atoms with van der Waals surface area (Å²) in [6.07, 6.45) is 1.84. The molecule has 0 fully saturated rings. The first-order valence-electron chi connectivity index (χ1n) is 15.1. The van der Waals surface area contributed by atoms with Crippen LogP contribution in [-0.2, 0) is 5.41 Å². The normalized spacial score (nSPS) is 16.7. The molecular weight excluding hydrogens is 438 g/mol. The topological polar surface area (TPSA) is 23.5 Å². The van der Waals surface area contributed by atoms with Crippen molar-refractivity contribution >= 4 is 0 Å². The molecule has 2 heteroatoms. The van der Waals surface area contributed by atoms with Gasteiger partial charge in [0, 0.05) is 29.6 Å². The summed E-state index contributed by atoms with van der Waals surface area (Å²) in [6.45, 7) is 30.8. The van der Waals surface area contributed by atoms with Crippen LogP contribution in [0, 0.1) is 40.5 Å². The summed E-state index contributed by atoms with van der Waals surface area (Å²) < 4.78 is 17.9. The number of hydrogen-bond acceptors (Lipinski definition) is 2. The lowest BCUT2D eigenvalue weighted by Gasteiger charge is -2.43. The fourth-order valence-corrected chi connectivity index (χ4v) is 6.39. The molecule has 1 N–H and O–H groups in total. The van der Waals surface area contributed by atoms with Crippen LogP contribution in [0.4, 0.5) is 0 Å². The molecule has 0 aromatic heterocycles. The third-order valence-electron chi connectivity index (χ3n) is 8.78. The highest BCUT2D eigenvalue weighted by Gasteiger charge is 2.33. The Balaban J connectivity index is 2.94. The Morgan fingerprint density at radius 1 is 0.861 bits per heavy atom. The van der Waals surface area contributed by atoms with Gasteiger partial charge in [-0.05, 0) is 125 Å². The number of phenolic OH excluding ortho intramolecular Hbond substituents is 1. The van der Waals surface area contributed by atoms with E-state index in [0.717, 1.165) is 51.8 Å². The lowest BCUT2D eigenvalue weighted by atomic mass is 9.74. The quantitative estimate of drug-likeness (QED) is 0.374. The zero-order valence-electron chi connectivity index (χ0n) is 27.8. The minimum atomic E-state index is -0.187. The van der Waals surface area contributed by atoms with Gasteiger partial charge in [-0.15, -0.1) is 0 Å². The molecule has 202 valence electrons. The molecule has 2 aromatic carbocycles. The summed E-state index contributed by atoms with van der Waals surface area (Å²) >= 11 is 0. The van der Waals surface area contributed by atoms with Crippen molar-refractivity contribution in [3.63, 3.8) is 0 Å². The molecule has 4 atom stereocenters. The van der Waals surface area contributed by atoms with Gasteiger partial charge in [0.1, 0.15) is 5.75 Å². The first-order chi connectivity index (χ1) is 17.4. The van der Waals surface area contributed by atoms with Gasteiger partial charge in [-0.3, -0.25) is 4.90 Å². The van der Waals surface area contributed by atoms with E-state index in [4.69, 9.17) is 2.74 Å². The van der Waals surface area contributed by atoms with Crippen LogP contribution in [0.15, 0.2) is 18.2 Å². The summed E-state index contributed by atoms with van der Waals surface area (Å²) in [5.41, 5.74) is 8.24. The monoisotopic (exact) mass is 495 g/mol. The van der Waals surface area contributed by atoms with Crippen molar-refractivity contribution in [2.45, 2.75) is 139 Å². The highest BCUT2D eigenvalue weighted by molar-refractivity contribution is 5.56. The summed E-state index contributed by atoms with van der Waals surface area (Å²) in [4.78, 5) is 2.64. The van der Waals surface area contributed by atoms with Gasteiger partial charge in [0.25, 0.3) is 0 Å². The van der Waals surface area contributed by atoms with Crippen LogP contribution in [0.1, 0.15) is 128 Å². The van der Waals surface area contributed by atoms with E-state index < -0.39 is 0 Å². The lowest BCUT2D eigenvalue weighted by Crippen LogP contribution is -2.48. The molecule has 0 aliphatic carbocycles. The van der Waals surface area contributed by atoms with E-state index in [9.17, 15) is 5.11 Å².